The second-order valence-electron chi connectivity index (χ2n) is 3.33. The summed E-state index contributed by atoms with van der Waals surface area (Å²) >= 11 is 2.71. The summed E-state index contributed by atoms with van der Waals surface area (Å²) in [6.45, 7) is 4.27. The SMILES string of the molecule is CCNC(=O)C(C)Sc1nc(CC(=O)O)cs1. The lowest BCUT2D eigenvalue weighted by Crippen LogP contribution is -2.30. The highest BCUT2D eigenvalue weighted by Crippen LogP contribution is 2.26. The molecule has 0 saturated carbocycles. The highest BCUT2D eigenvalue weighted by atomic mass is 32.2. The Balaban J connectivity index is 2.54. The van der Waals surface area contributed by atoms with Gasteiger partial charge >= 0.3 is 5.97 Å². The number of rotatable bonds is 6. The first kappa shape index (κ1) is 14.0. The quantitative estimate of drug-likeness (QED) is 0.766. The average molecular weight is 274 g/mol. The van der Waals surface area contributed by atoms with Crippen LogP contribution in [0.5, 0.6) is 0 Å². The third kappa shape index (κ3) is 4.74. The Morgan fingerprint density at radius 1 is 1.65 bits per heavy atom. The van der Waals surface area contributed by atoms with E-state index in [-0.39, 0.29) is 17.6 Å². The monoisotopic (exact) mass is 274 g/mol. The van der Waals surface area contributed by atoms with Gasteiger partial charge in [-0.05, 0) is 13.8 Å². The summed E-state index contributed by atoms with van der Waals surface area (Å²) in [6, 6.07) is 0. The van der Waals surface area contributed by atoms with Crippen LogP contribution < -0.4 is 5.32 Å². The van der Waals surface area contributed by atoms with Gasteiger partial charge in [0.15, 0.2) is 4.34 Å². The maximum absolute atomic E-state index is 11.5. The van der Waals surface area contributed by atoms with E-state index in [0.29, 0.717) is 12.2 Å². The van der Waals surface area contributed by atoms with Crippen LogP contribution in [0.1, 0.15) is 19.5 Å². The number of aliphatic carboxylic acids is 1. The summed E-state index contributed by atoms with van der Waals surface area (Å²) in [6.07, 6.45) is -0.0768. The van der Waals surface area contributed by atoms with Crippen molar-refractivity contribution in [1.82, 2.24) is 10.3 Å². The molecule has 94 valence electrons. The third-order valence-corrected chi connectivity index (χ3v) is 3.98. The molecule has 0 aromatic carbocycles. The summed E-state index contributed by atoms with van der Waals surface area (Å²) in [5.74, 6) is -0.934. The number of thioether (sulfide) groups is 1. The van der Waals surface area contributed by atoms with Gasteiger partial charge in [-0.25, -0.2) is 4.98 Å². The molecule has 0 spiro atoms. The van der Waals surface area contributed by atoms with Crippen LogP contribution in [0.15, 0.2) is 9.72 Å². The Kier molecular flexibility index (Phi) is 5.43. The zero-order chi connectivity index (χ0) is 12.8. The van der Waals surface area contributed by atoms with Gasteiger partial charge in [-0.2, -0.15) is 0 Å². The number of hydrogen-bond acceptors (Lipinski definition) is 5. The molecule has 5 nitrogen and oxygen atoms in total. The molecule has 0 aliphatic carbocycles. The summed E-state index contributed by atoms with van der Waals surface area (Å²) < 4.78 is 0.722. The van der Waals surface area contributed by atoms with Crippen LogP contribution in [0.4, 0.5) is 0 Å². The van der Waals surface area contributed by atoms with Gasteiger partial charge in [-0.3, -0.25) is 9.59 Å². The second kappa shape index (κ2) is 6.61. The van der Waals surface area contributed by atoms with Crippen molar-refractivity contribution in [3.63, 3.8) is 0 Å². The molecule has 0 radical (unpaired) electrons. The Morgan fingerprint density at radius 3 is 2.94 bits per heavy atom. The minimum absolute atomic E-state index is 0.0347. The molecular formula is C10H14N2O3S2. The van der Waals surface area contributed by atoms with Crippen molar-refractivity contribution in [1.29, 1.82) is 0 Å². The minimum Gasteiger partial charge on any atom is -0.481 e. The number of amides is 1. The molecule has 1 unspecified atom stereocenters. The van der Waals surface area contributed by atoms with Crippen LogP contribution in [0.2, 0.25) is 0 Å². The zero-order valence-electron chi connectivity index (χ0n) is 9.60. The van der Waals surface area contributed by atoms with Crippen LogP contribution in [0.25, 0.3) is 0 Å². The molecule has 0 fully saturated rings. The number of hydrogen-bond donors (Lipinski definition) is 2. The number of carbonyl (C=O) groups excluding carboxylic acids is 1. The summed E-state index contributed by atoms with van der Waals surface area (Å²) in [5.41, 5.74) is 0.535. The van der Waals surface area contributed by atoms with Crippen LogP contribution in [-0.4, -0.2) is 33.8 Å². The van der Waals surface area contributed by atoms with Crippen LogP contribution in [0, 0.1) is 0 Å². The Bertz CT molecular complexity index is 406. The number of carboxylic acids is 1. The molecule has 1 heterocycles. The van der Waals surface area contributed by atoms with Crippen LogP contribution >= 0.6 is 23.1 Å². The zero-order valence-corrected chi connectivity index (χ0v) is 11.2. The lowest BCUT2D eigenvalue weighted by atomic mass is 10.3. The molecule has 0 bridgehead atoms. The van der Waals surface area contributed by atoms with Gasteiger partial charge in [-0.1, -0.05) is 11.8 Å². The topological polar surface area (TPSA) is 79.3 Å². The van der Waals surface area contributed by atoms with Gasteiger partial charge in [0.05, 0.1) is 17.4 Å². The molecule has 17 heavy (non-hydrogen) atoms. The molecule has 1 rings (SSSR count). The normalized spacial score (nSPS) is 12.1. The number of nitrogens with one attached hydrogen (secondary N) is 1. The molecular weight excluding hydrogens is 260 g/mol. The van der Waals surface area contributed by atoms with Gasteiger partial charge in [0.1, 0.15) is 0 Å². The van der Waals surface area contributed by atoms with E-state index in [2.05, 4.69) is 10.3 Å². The standard InChI is InChI=1S/C10H14N2O3S2/c1-3-11-9(15)6(2)17-10-12-7(5-16-10)4-8(13)14/h5-6H,3-4H2,1-2H3,(H,11,15)(H,13,14). The third-order valence-electron chi connectivity index (χ3n) is 1.86. The van der Waals surface area contributed by atoms with Crippen molar-refractivity contribution in [3.8, 4) is 0 Å². The fourth-order valence-electron chi connectivity index (χ4n) is 1.10. The van der Waals surface area contributed by atoms with Crippen molar-refractivity contribution in [3.05, 3.63) is 11.1 Å². The van der Waals surface area contributed by atoms with Crippen molar-refractivity contribution in [2.45, 2.75) is 29.9 Å². The van der Waals surface area contributed by atoms with E-state index in [1.54, 1.807) is 12.3 Å². The molecule has 2 N–H and O–H groups in total. The fourth-order valence-corrected chi connectivity index (χ4v) is 3.11. The number of aromatic nitrogens is 1. The van der Waals surface area contributed by atoms with E-state index in [1.807, 2.05) is 6.92 Å². The van der Waals surface area contributed by atoms with Crippen molar-refractivity contribution < 1.29 is 14.7 Å². The largest absolute Gasteiger partial charge is 0.481 e. The first-order valence-electron chi connectivity index (χ1n) is 5.13. The number of carboxylic acid groups (broad SMARTS) is 1. The summed E-state index contributed by atoms with van der Waals surface area (Å²) in [5, 5.41) is 12.8. The predicted octanol–water partition coefficient (Wildman–Crippen LogP) is 1.39. The van der Waals surface area contributed by atoms with Gasteiger partial charge in [0.25, 0.3) is 0 Å². The molecule has 0 aliphatic rings. The van der Waals surface area contributed by atoms with Crippen molar-refractivity contribution in [2.24, 2.45) is 0 Å². The van der Waals surface area contributed by atoms with Crippen molar-refractivity contribution >= 4 is 35.0 Å². The van der Waals surface area contributed by atoms with Crippen LogP contribution in [0.3, 0.4) is 0 Å². The van der Waals surface area contributed by atoms with E-state index in [1.165, 1.54) is 23.1 Å². The molecule has 1 aromatic rings. The Labute approximate surface area is 108 Å². The van der Waals surface area contributed by atoms with E-state index in [0.717, 1.165) is 4.34 Å². The van der Waals surface area contributed by atoms with Gasteiger partial charge in [-0.15, -0.1) is 11.3 Å². The average Bonchev–Trinajstić information content (AvgIpc) is 2.64. The lowest BCUT2D eigenvalue weighted by Gasteiger charge is -2.08. The number of carbonyl (C=O) groups is 2. The number of thiazole rings is 1. The predicted molar refractivity (Wildman–Crippen MR) is 67.5 cm³/mol. The highest BCUT2D eigenvalue weighted by molar-refractivity contribution is 8.02. The lowest BCUT2D eigenvalue weighted by molar-refractivity contribution is -0.136. The highest BCUT2D eigenvalue weighted by Gasteiger charge is 2.15. The molecule has 0 aliphatic heterocycles. The Morgan fingerprint density at radius 2 is 2.35 bits per heavy atom. The Hall–Kier alpha value is -1.08. The summed E-state index contributed by atoms with van der Waals surface area (Å²) in [4.78, 5) is 26.1. The van der Waals surface area contributed by atoms with E-state index < -0.39 is 5.97 Å². The minimum atomic E-state index is -0.899. The van der Waals surface area contributed by atoms with Crippen LogP contribution in [-0.2, 0) is 16.0 Å². The molecule has 1 atom stereocenters. The molecule has 7 heteroatoms. The molecule has 0 saturated heterocycles. The van der Waals surface area contributed by atoms with E-state index >= 15 is 0 Å². The molecule has 1 aromatic heterocycles. The number of nitrogens with zero attached hydrogens (tertiary/aromatic N) is 1. The summed E-state index contributed by atoms with van der Waals surface area (Å²) in [7, 11) is 0. The van der Waals surface area contributed by atoms with Crippen molar-refractivity contribution in [2.75, 3.05) is 6.54 Å². The molecule has 1 amide bonds. The van der Waals surface area contributed by atoms with Gasteiger partial charge in [0.2, 0.25) is 5.91 Å². The maximum atomic E-state index is 11.5. The first-order valence-corrected chi connectivity index (χ1v) is 6.89. The fraction of sp³-hybridized carbons (Fsp3) is 0.500. The van der Waals surface area contributed by atoms with E-state index in [4.69, 9.17) is 5.11 Å². The first-order chi connectivity index (χ1) is 8.02. The second-order valence-corrected chi connectivity index (χ2v) is 5.78. The maximum Gasteiger partial charge on any atom is 0.309 e. The van der Waals surface area contributed by atoms with Gasteiger partial charge in [0, 0.05) is 11.9 Å². The van der Waals surface area contributed by atoms with Gasteiger partial charge < -0.3 is 10.4 Å². The van der Waals surface area contributed by atoms with E-state index in [9.17, 15) is 9.59 Å². The smallest absolute Gasteiger partial charge is 0.309 e.